The molecule has 1 saturated heterocycles. The van der Waals surface area contributed by atoms with Gasteiger partial charge in [-0.3, -0.25) is 0 Å². The number of nitriles is 1. The van der Waals surface area contributed by atoms with Gasteiger partial charge in [0.1, 0.15) is 16.4 Å². The van der Waals surface area contributed by atoms with E-state index in [4.69, 9.17) is 10.00 Å². The van der Waals surface area contributed by atoms with Crippen molar-refractivity contribution >= 4 is 10.0 Å². The van der Waals surface area contributed by atoms with E-state index < -0.39 is 58.1 Å². The van der Waals surface area contributed by atoms with Gasteiger partial charge in [-0.1, -0.05) is 0 Å². The van der Waals surface area contributed by atoms with Crippen LogP contribution in [-0.4, -0.2) is 64.1 Å². The van der Waals surface area contributed by atoms with E-state index in [9.17, 15) is 34.8 Å². The average molecular weight is 490 g/mol. The maximum atomic E-state index is 13.2. The van der Waals surface area contributed by atoms with Gasteiger partial charge >= 0.3 is 12.4 Å². The lowest BCUT2D eigenvalue weighted by atomic mass is 10.2. The van der Waals surface area contributed by atoms with E-state index in [-0.39, 0.29) is 19.5 Å². The molecule has 1 aliphatic heterocycles. The number of rotatable bonds is 10. The molecule has 32 heavy (non-hydrogen) atoms. The van der Waals surface area contributed by atoms with Crippen molar-refractivity contribution in [3.8, 4) is 17.6 Å². The molecular formula is C18H20F6N2O5S. The second-order valence-electron chi connectivity index (χ2n) is 6.82. The average Bonchev–Trinajstić information content (AvgIpc) is 3.20. The van der Waals surface area contributed by atoms with Crippen molar-refractivity contribution in [2.24, 2.45) is 0 Å². The molecule has 0 aromatic heterocycles. The monoisotopic (exact) mass is 490 g/mol. The Balaban J connectivity index is 2.42. The normalized spacial score (nSPS) is 17.4. The first-order chi connectivity index (χ1) is 14.8. The third kappa shape index (κ3) is 8.03. The van der Waals surface area contributed by atoms with Crippen molar-refractivity contribution in [1.82, 2.24) is 4.31 Å². The minimum absolute atomic E-state index is 0.184. The van der Waals surface area contributed by atoms with Crippen molar-refractivity contribution in [3.05, 3.63) is 18.2 Å². The molecule has 0 bridgehead atoms. The van der Waals surface area contributed by atoms with Gasteiger partial charge < -0.3 is 14.2 Å². The zero-order chi connectivity index (χ0) is 24.0. The molecule has 1 heterocycles. The van der Waals surface area contributed by atoms with E-state index in [0.29, 0.717) is 25.5 Å². The molecule has 0 saturated carbocycles. The van der Waals surface area contributed by atoms with Crippen molar-refractivity contribution in [1.29, 1.82) is 5.26 Å². The van der Waals surface area contributed by atoms with Crippen LogP contribution < -0.4 is 9.47 Å². The Kier molecular flexibility index (Phi) is 8.60. The molecule has 0 aliphatic carbocycles. The van der Waals surface area contributed by atoms with Gasteiger partial charge in [0.2, 0.25) is 10.0 Å². The fraction of sp³-hybridized carbons (Fsp3) is 0.611. The van der Waals surface area contributed by atoms with Crippen LogP contribution in [0.4, 0.5) is 26.3 Å². The Morgan fingerprint density at radius 3 is 2.34 bits per heavy atom. The number of sulfonamides is 1. The molecule has 1 atom stereocenters. The van der Waals surface area contributed by atoms with Gasteiger partial charge in [0, 0.05) is 32.2 Å². The van der Waals surface area contributed by atoms with E-state index in [2.05, 4.69) is 9.47 Å². The summed E-state index contributed by atoms with van der Waals surface area (Å²) >= 11 is 0. The minimum Gasteiger partial charge on any atom is -0.484 e. The predicted molar refractivity (Wildman–Crippen MR) is 97.5 cm³/mol. The highest BCUT2D eigenvalue weighted by atomic mass is 32.2. The Bertz CT molecular complexity index is 908. The maximum absolute atomic E-state index is 13.2. The topological polar surface area (TPSA) is 88.9 Å². The number of alkyl halides is 6. The molecule has 1 aliphatic rings. The van der Waals surface area contributed by atoms with E-state index in [1.165, 1.54) is 0 Å². The molecule has 1 fully saturated rings. The summed E-state index contributed by atoms with van der Waals surface area (Å²) in [5.41, 5.74) is 0. The van der Waals surface area contributed by atoms with Crippen molar-refractivity contribution in [2.45, 2.75) is 42.6 Å². The van der Waals surface area contributed by atoms with Crippen LogP contribution in [0.5, 0.6) is 11.5 Å². The molecule has 14 heteroatoms. The van der Waals surface area contributed by atoms with Crippen LogP contribution in [0.1, 0.15) is 19.3 Å². The quantitative estimate of drug-likeness (QED) is 0.466. The number of halogens is 6. The summed E-state index contributed by atoms with van der Waals surface area (Å²) in [6, 6.07) is 4.11. The Morgan fingerprint density at radius 1 is 1.12 bits per heavy atom. The molecule has 180 valence electrons. The van der Waals surface area contributed by atoms with Crippen LogP contribution in [0, 0.1) is 11.3 Å². The van der Waals surface area contributed by atoms with Gasteiger partial charge in [-0.25, -0.2) is 8.42 Å². The maximum Gasteiger partial charge on any atom is 0.422 e. The van der Waals surface area contributed by atoms with Gasteiger partial charge in [-0.15, -0.1) is 0 Å². The van der Waals surface area contributed by atoms with Crippen LogP contribution in [-0.2, 0) is 14.8 Å². The molecule has 2 rings (SSSR count). The van der Waals surface area contributed by atoms with E-state index in [1.54, 1.807) is 6.07 Å². The number of hydrogen-bond donors (Lipinski definition) is 0. The fourth-order valence-corrected chi connectivity index (χ4v) is 4.48. The largest absolute Gasteiger partial charge is 0.484 e. The van der Waals surface area contributed by atoms with Crippen LogP contribution in [0.3, 0.4) is 0 Å². The molecule has 0 N–H and O–H groups in total. The predicted octanol–water partition coefficient (Wildman–Crippen LogP) is 3.65. The zero-order valence-electron chi connectivity index (χ0n) is 16.6. The zero-order valence-corrected chi connectivity index (χ0v) is 17.4. The van der Waals surface area contributed by atoms with Crippen molar-refractivity contribution < 1.29 is 49.0 Å². The highest BCUT2D eigenvalue weighted by Crippen LogP contribution is 2.33. The Morgan fingerprint density at radius 2 is 1.78 bits per heavy atom. The standard InChI is InChI=1S/C18H20F6N2O5S/c19-17(20,21)11-30-13-4-5-15(31-12-18(22,23)24)16(9-13)32(27,28)26(7-2-6-25)10-14-3-1-8-29-14/h4-5,9,14H,1-3,7-8,10-12H2. The SMILES string of the molecule is N#CCCN(CC1CCCO1)S(=O)(=O)c1cc(OCC(F)(F)F)ccc1OCC(F)(F)F. The molecule has 1 aromatic carbocycles. The Labute approximate surface area is 180 Å². The molecule has 1 unspecified atom stereocenters. The summed E-state index contributed by atoms with van der Waals surface area (Å²) in [5, 5.41) is 8.85. The highest BCUT2D eigenvalue weighted by Gasteiger charge is 2.34. The number of benzene rings is 1. The summed E-state index contributed by atoms with van der Waals surface area (Å²) in [6.07, 6.45) is -9.02. The summed E-state index contributed by atoms with van der Waals surface area (Å²) in [6.45, 7) is -3.63. The molecule has 1 aromatic rings. The third-order valence-electron chi connectivity index (χ3n) is 4.23. The second kappa shape index (κ2) is 10.6. The lowest BCUT2D eigenvalue weighted by molar-refractivity contribution is -0.154. The molecular weight excluding hydrogens is 470 g/mol. The fourth-order valence-electron chi connectivity index (χ4n) is 2.86. The third-order valence-corrected chi connectivity index (χ3v) is 6.12. The first-order valence-corrected chi connectivity index (χ1v) is 10.8. The minimum atomic E-state index is -4.79. The molecule has 0 amide bonds. The van der Waals surface area contributed by atoms with Gasteiger partial charge in [0.25, 0.3) is 0 Å². The molecule has 0 spiro atoms. The summed E-state index contributed by atoms with van der Waals surface area (Å²) in [4.78, 5) is -0.808. The number of hydrogen-bond acceptors (Lipinski definition) is 6. The number of nitrogens with zero attached hydrogens (tertiary/aromatic N) is 2. The smallest absolute Gasteiger partial charge is 0.422 e. The highest BCUT2D eigenvalue weighted by molar-refractivity contribution is 7.89. The van der Waals surface area contributed by atoms with Gasteiger partial charge in [0.05, 0.1) is 12.2 Å². The van der Waals surface area contributed by atoms with E-state index in [0.717, 1.165) is 16.4 Å². The summed E-state index contributed by atoms with van der Waals surface area (Å²) in [5.74, 6) is -1.24. The van der Waals surface area contributed by atoms with E-state index in [1.807, 2.05) is 0 Å². The second-order valence-corrected chi connectivity index (χ2v) is 8.73. The molecule has 0 radical (unpaired) electrons. The van der Waals surface area contributed by atoms with Gasteiger partial charge in [-0.05, 0) is 25.0 Å². The summed E-state index contributed by atoms with van der Waals surface area (Å²) in [7, 11) is -4.59. The Hall–Kier alpha value is -2.24. The van der Waals surface area contributed by atoms with Crippen molar-refractivity contribution in [3.63, 3.8) is 0 Å². The first-order valence-electron chi connectivity index (χ1n) is 9.34. The van der Waals surface area contributed by atoms with Gasteiger partial charge in [-0.2, -0.15) is 35.9 Å². The van der Waals surface area contributed by atoms with Crippen LogP contribution in [0.15, 0.2) is 23.1 Å². The summed E-state index contributed by atoms with van der Waals surface area (Å²) < 4.78 is 117. The molecule has 7 nitrogen and oxygen atoms in total. The van der Waals surface area contributed by atoms with E-state index >= 15 is 0 Å². The lowest BCUT2D eigenvalue weighted by Gasteiger charge is -2.25. The van der Waals surface area contributed by atoms with Gasteiger partial charge in [0.15, 0.2) is 13.2 Å². The lowest BCUT2D eigenvalue weighted by Crippen LogP contribution is -2.38. The van der Waals surface area contributed by atoms with Crippen LogP contribution in [0.25, 0.3) is 0 Å². The van der Waals surface area contributed by atoms with Crippen LogP contribution >= 0.6 is 0 Å². The number of ether oxygens (including phenoxy) is 3. The van der Waals surface area contributed by atoms with Crippen molar-refractivity contribution in [2.75, 3.05) is 32.9 Å². The van der Waals surface area contributed by atoms with Crippen LogP contribution in [0.2, 0.25) is 0 Å². The first kappa shape index (κ1) is 26.0.